The molecule has 0 radical (unpaired) electrons. The highest BCUT2D eigenvalue weighted by atomic mass is 32.1. The number of carbonyl (C=O) groups is 1. The predicted molar refractivity (Wildman–Crippen MR) is 85.7 cm³/mol. The van der Waals surface area contributed by atoms with Gasteiger partial charge in [0.1, 0.15) is 5.82 Å². The van der Waals surface area contributed by atoms with Gasteiger partial charge in [0.05, 0.1) is 5.69 Å². The van der Waals surface area contributed by atoms with E-state index in [1.54, 1.807) is 19.1 Å². The molecule has 0 aliphatic carbocycles. The fraction of sp³-hybridized carbons (Fsp3) is 0.188. The molecule has 0 fully saturated rings. The third kappa shape index (κ3) is 3.81. The van der Waals surface area contributed by atoms with Gasteiger partial charge in [-0.3, -0.25) is 4.79 Å². The molecule has 0 spiro atoms. The molecule has 0 unspecified atom stereocenters. The summed E-state index contributed by atoms with van der Waals surface area (Å²) >= 11 is 1.54. The van der Waals surface area contributed by atoms with Crippen LogP contribution in [0.4, 0.5) is 10.1 Å². The summed E-state index contributed by atoms with van der Waals surface area (Å²) in [5.74, 6) is 0.0656. The van der Waals surface area contributed by atoms with E-state index in [0.717, 1.165) is 11.1 Å². The van der Waals surface area contributed by atoms with Crippen LogP contribution < -0.4 is 5.32 Å². The summed E-state index contributed by atoms with van der Waals surface area (Å²) in [5.41, 5.74) is 1.83. The molecule has 1 N–H and O–H groups in total. The largest absolute Gasteiger partial charge is 0.421 e. The average Bonchev–Trinajstić information content (AvgIpc) is 3.18. The number of rotatable bonds is 5. The minimum absolute atomic E-state index is 0.137. The number of hydrogen-bond donors (Lipinski definition) is 1. The van der Waals surface area contributed by atoms with Crippen molar-refractivity contribution in [3.8, 4) is 11.5 Å². The number of hydrogen-bond acceptors (Lipinski definition) is 5. The molecule has 5 nitrogen and oxygen atoms in total. The molecule has 2 aromatic heterocycles. The molecule has 1 amide bonds. The fourth-order valence-electron chi connectivity index (χ4n) is 2.01. The van der Waals surface area contributed by atoms with Crippen molar-refractivity contribution >= 4 is 22.9 Å². The maximum absolute atomic E-state index is 13.7. The second-order valence-corrected chi connectivity index (χ2v) is 5.82. The summed E-state index contributed by atoms with van der Waals surface area (Å²) in [6.45, 7) is 1.79. The molecule has 0 bridgehead atoms. The van der Waals surface area contributed by atoms with Crippen molar-refractivity contribution in [3.05, 3.63) is 52.3 Å². The van der Waals surface area contributed by atoms with Crippen LogP contribution in [-0.2, 0) is 11.2 Å². The van der Waals surface area contributed by atoms with E-state index in [1.807, 2.05) is 16.8 Å². The Hall–Kier alpha value is -2.54. The first-order valence-electron chi connectivity index (χ1n) is 7.03. The van der Waals surface area contributed by atoms with Crippen LogP contribution >= 0.6 is 11.3 Å². The van der Waals surface area contributed by atoms with E-state index < -0.39 is 5.82 Å². The number of anilines is 1. The highest BCUT2D eigenvalue weighted by molar-refractivity contribution is 7.08. The third-order valence-electron chi connectivity index (χ3n) is 3.20. The van der Waals surface area contributed by atoms with Crippen LogP contribution in [0.25, 0.3) is 11.5 Å². The molecule has 0 atom stereocenters. The Balaban J connectivity index is 1.57. The lowest BCUT2D eigenvalue weighted by Crippen LogP contribution is -2.13. The van der Waals surface area contributed by atoms with E-state index >= 15 is 0 Å². The molecule has 1 aromatic carbocycles. The number of halogens is 1. The SMILES string of the molecule is Cc1ccc(NC(=O)CCc2nnc(-c3ccsc3)o2)c(F)c1. The van der Waals surface area contributed by atoms with Gasteiger partial charge in [0.25, 0.3) is 0 Å². The van der Waals surface area contributed by atoms with Crippen LogP contribution in [0.2, 0.25) is 0 Å². The lowest BCUT2D eigenvalue weighted by atomic mass is 10.2. The quantitative estimate of drug-likeness (QED) is 0.772. The van der Waals surface area contributed by atoms with Gasteiger partial charge in [0.2, 0.25) is 17.7 Å². The normalized spacial score (nSPS) is 10.7. The molecule has 3 aromatic rings. The minimum atomic E-state index is -0.448. The van der Waals surface area contributed by atoms with Gasteiger partial charge in [0.15, 0.2) is 0 Å². The number of thiophene rings is 1. The number of aryl methyl sites for hydroxylation is 2. The number of amides is 1. The predicted octanol–water partition coefficient (Wildman–Crippen LogP) is 3.82. The number of aromatic nitrogens is 2. The molecule has 2 heterocycles. The molecule has 7 heteroatoms. The van der Waals surface area contributed by atoms with Crippen LogP contribution in [0, 0.1) is 12.7 Å². The van der Waals surface area contributed by atoms with Gasteiger partial charge in [0, 0.05) is 23.8 Å². The summed E-state index contributed by atoms with van der Waals surface area (Å²) in [6.07, 6.45) is 0.440. The maximum Gasteiger partial charge on any atom is 0.248 e. The standard InChI is InChI=1S/C16H14FN3O2S/c1-10-2-3-13(12(17)8-10)18-14(21)4-5-15-19-20-16(22-15)11-6-7-23-9-11/h2-3,6-9H,4-5H2,1H3,(H,18,21). The topological polar surface area (TPSA) is 68.0 Å². The Labute approximate surface area is 136 Å². The third-order valence-corrected chi connectivity index (χ3v) is 3.88. The van der Waals surface area contributed by atoms with Gasteiger partial charge in [-0.25, -0.2) is 4.39 Å². The average molecular weight is 331 g/mol. The van der Waals surface area contributed by atoms with E-state index in [-0.39, 0.29) is 18.0 Å². The van der Waals surface area contributed by atoms with Crippen molar-refractivity contribution in [2.75, 3.05) is 5.32 Å². The van der Waals surface area contributed by atoms with Crippen LogP contribution in [0.15, 0.2) is 39.4 Å². The highest BCUT2D eigenvalue weighted by Crippen LogP contribution is 2.21. The Kier molecular flexibility index (Phi) is 4.47. The Morgan fingerprint density at radius 2 is 2.22 bits per heavy atom. The van der Waals surface area contributed by atoms with E-state index in [4.69, 9.17) is 4.42 Å². The number of nitrogens with zero attached hydrogens (tertiary/aromatic N) is 2. The molecule has 118 valence electrons. The molecule has 0 saturated heterocycles. The zero-order valence-electron chi connectivity index (χ0n) is 12.4. The van der Waals surface area contributed by atoms with Crippen LogP contribution in [-0.4, -0.2) is 16.1 Å². The van der Waals surface area contributed by atoms with E-state index in [2.05, 4.69) is 15.5 Å². The smallest absolute Gasteiger partial charge is 0.248 e. The van der Waals surface area contributed by atoms with Crippen molar-refractivity contribution in [1.29, 1.82) is 0 Å². The van der Waals surface area contributed by atoms with E-state index in [9.17, 15) is 9.18 Å². The lowest BCUT2D eigenvalue weighted by molar-refractivity contribution is -0.116. The first-order valence-corrected chi connectivity index (χ1v) is 7.97. The molecule has 0 aliphatic heterocycles. The van der Waals surface area contributed by atoms with Gasteiger partial charge in [-0.2, -0.15) is 11.3 Å². The van der Waals surface area contributed by atoms with E-state index in [0.29, 0.717) is 18.2 Å². The zero-order chi connectivity index (χ0) is 16.2. The second kappa shape index (κ2) is 6.70. The Morgan fingerprint density at radius 1 is 1.35 bits per heavy atom. The summed E-state index contributed by atoms with van der Waals surface area (Å²) in [6, 6.07) is 6.54. The first-order chi connectivity index (χ1) is 11.1. The number of nitrogens with one attached hydrogen (secondary N) is 1. The molecule has 0 aliphatic rings. The van der Waals surface area contributed by atoms with Crippen molar-refractivity contribution in [2.45, 2.75) is 19.8 Å². The summed E-state index contributed by atoms with van der Waals surface area (Å²) in [7, 11) is 0. The minimum Gasteiger partial charge on any atom is -0.421 e. The summed E-state index contributed by atoms with van der Waals surface area (Å²) in [4.78, 5) is 11.9. The molecular weight excluding hydrogens is 317 g/mol. The fourth-order valence-corrected chi connectivity index (χ4v) is 2.64. The zero-order valence-corrected chi connectivity index (χ0v) is 13.2. The van der Waals surface area contributed by atoms with Gasteiger partial charge < -0.3 is 9.73 Å². The second-order valence-electron chi connectivity index (χ2n) is 5.04. The molecular formula is C16H14FN3O2S. The van der Waals surface area contributed by atoms with Crippen LogP contribution in [0.3, 0.4) is 0 Å². The monoisotopic (exact) mass is 331 g/mol. The lowest BCUT2D eigenvalue weighted by Gasteiger charge is -2.06. The van der Waals surface area contributed by atoms with Crippen LogP contribution in [0.5, 0.6) is 0 Å². The van der Waals surface area contributed by atoms with Crippen LogP contribution in [0.1, 0.15) is 17.9 Å². The van der Waals surface area contributed by atoms with Gasteiger partial charge in [-0.15, -0.1) is 10.2 Å². The molecule has 23 heavy (non-hydrogen) atoms. The van der Waals surface area contributed by atoms with E-state index in [1.165, 1.54) is 17.4 Å². The van der Waals surface area contributed by atoms with Crippen molar-refractivity contribution in [3.63, 3.8) is 0 Å². The highest BCUT2D eigenvalue weighted by Gasteiger charge is 2.12. The van der Waals surface area contributed by atoms with Crippen molar-refractivity contribution in [1.82, 2.24) is 10.2 Å². The number of carbonyl (C=O) groups excluding carboxylic acids is 1. The first kappa shape index (κ1) is 15.4. The van der Waals surface area contributed by atoms with Crippen molar-refractivity contribution < 1.29 is 13.6 Å². The maximum atomic E-state index is 13.7. The van der Waals surface area contributed by atoms with Gasteiger partial charge in [-0.1, -0.05) is 6.07 Å². The van der Waals surface area contributed by atoms with Crippen molar-refractivity contribution in [2.24, 2.45) is 0 Å². The summed E-state index contributed by atoms with van der Waals surface area (Å²) in [5, 5.41) is 14.2. The molecule has 3 rings (SSSR count). The number of benzene rings is 1. The van der Waals surface area contributed by atoms with Gasteiger partial charge >= 0.3 is 0 Å². The van der Waals surface area contributed by atoms with Gasteiger partial charge in [-0.05, 0) is 36.1 Å². The Bertz CT molecular complexity index is 815. The Morgan fingerprint density at radius 3 is 2.96 bits per heavy atom. The molecule has 0 saturated carbocycles. The summed E-state index contributed by atoms with van der Waals surface area (Å²) < 4.78 is 19.2.